The van der Waals surface area contributed by atoms with Gasteiger partial charge in [-0.25, -0.2) is 0 Å². The molecule has 0 aliphatic carbocycles. The predicted octanol–water partition coefficient (Wildman–Crippen LogP) is 3.60. The zero-order chi connectivity index (χ0) is 16.4. The van der Waals surface area contributed by atoms with Crippen LogP contribution in [0.15, 0.2) is 24.3 Å². The van der Waals surface area contributed by atoms with E-state index in [2.05, 4.69) is 15.4 Å². The number of rotatable bonds is 8. The first kappa shape index (κ1) is 18.7. The molecule has 0 aliphatic heterocycles. The molecular formula is C16H23ClN2O2S. The molecule has 1 rings (SSSR count). The van der Waals surface area contributed by atoms with Crippen LogP contribution in [0, 0.1) is 0 Å². The number of hydrogen-bond acceptors (Lipinski definition) is 3. The fourth-order valence-electron chi connectivity index (χ4n) is 1.96. The monoisotopic (exact) mass is 342 g/mol. The van der Waals surface area contributed by atoms with Gasteiger partial charge in [-0.15, -0.1) is 0 Å². The highest BCUT2D eigenvalue weighted by atomic mass is 35.5. The third kappa shape index (κ3) is 7.61. The predicted molar refractivity (Wildman–Crippen MR) is 94.1 cm³/mol. The lowest BCUT2D eigenvalue weighted by Gasteiger charge is -2.17. The molecular weight excluding hydrogens is 320 g/mol. The van der Waals surface area contributed by atoms with E-state index in [0.717, 1.165) is 36.4 Å². The number of unbranched alkanes of at least 4 members (excludes halogenated alkanes) is 2. The Hall–Kier alpha value is -1.33. The Labute approximate surface area is 142 Å². The summed E-state index contributed by atoms with van der Waals surface area (Å²) in [6.45, 7) is 2.84. The topological polar surface area (TPSA) is 50.4 Å². The average molecular weight is 343 g/mol. The van der Waals surface area contributed by atoms with Crippen molar-refractivity contribution in [2.75, 3.05) is 13.7 Å². The number of nitrogens with one attached hydrogen (secondary N) is 2. The number of thiocarbonyl (C=S) groups is 1. The van der Waals surface area contributed by atoms with Crippen LogP contribution in [-0.2, 0) is 9.53 Å². The number of halogens is 1. The molecule has 0 heterocycles. The molecule has 0 radical (unpaired) electrons. The van der Waals surface area contributed by atoms with Crippen LogP contribution in [0.4, 0.5) is 0 Å². The largest absolute Gasteiger partial charge is 0.469 e. The molecule has 22 heavy (non-hydrogen) atoms. The van der Waals surface area contributed by atoms with Gasteiger partial charge in [-0.1, -0.05) is 30.2 Å². The quantitative estimate of drug-likeness (QED) is 0.429. The van der Waals surface area contributed by atoms with E-state index >= 15 is 0 Å². The second-order valence-corrected chi connectivity index (χ2v) is 5.90. The molecule has 0 saturated carbocycles. The van der Waals surface area contributed by atoms with Gasteiger partial charge in [-0.3, -0.25) is 4.79 Å². The number of ether oxygens (including phenoxy) is 1. The highest BCUT2D eigenvalue weighted by Crippen LogP contribution is 2.15. The van der Waals surface area contributed by atoms with E-state index in [1.807, 2.05) is 31.2 Å². The molecule has 1 aromatic carbocycles. The van der Waals surface area contributed by atoms with Crippen molar-refractivity contribution >= 4 is 34.9 Å². The minimum absolute atomic E-state index is 0.122. The van der Waals surface area contributed by atoms with Crippen molar-refractivity contribution < 1.29 is 9.53 Å². The highest BCUT2D eigenvalue weighted by molar-refractivity contribution is 7.80. The van der Waals surface area contributed by atoms with Crippen LogP contribution in [0.2, 0.25) is 5.02 Å². The molecule has 1 atom stereocenters. The fourth-order valence-corrected chi connectivity index (χ4v) is 2.36. The second kappa shape index (κ2) is 10.4. The van der Waals surface area contributed by atoms with Crippen molar-refractivity contribution in [2.45, 2.75) is 38.6 Å². The van der Waals surface area contributed by atoms with Crippen LogP contribution in [0.1, 0.15) is 44.2 Å². The molecule has 4 nitrogen and oxygen atoms in total. The van der Waals surface area contributed by atoms with Crippen LogP contribution in [0.3, 0.4) is 0 Å². The molecule has 0 bridgehead atoms. The molecule has 1 aromatic rings. The van der Waals surface area contributed by atoms with Crippen molar-refractivity contribution in [2.24, 2.45) is 0 Å². The van der Waals surface area contributed by atoms with Gasteiger partial charge in [-0.2, -0.15) is 0 Å². The smallest absolute Gasteiger partial charge is 0.305 e. The summed E-state index contributed by atoms with van der Waals surface area (Å²) in [5.74, 6) is -0.151. The zero-order valence-electron chi connectivity index (χ0n) is 13.0. The highest BCUT2D eigenvalue weighted by Gasteiger charge is 2.06. The average Bonchev–Trinajstić information content (AvgIpc) is 2.50. The lowest BCUT2D eigenvalue weighted by molar-refractivity contribution is -0.140. The summed E-state index contributed by atoms with van der Waals surface area (Å²) in [6.07, 6.45) is 3.26. The number of benzene rings is 1. The summed E-state index contributed by atoms with van der Waals surface area (Å²) >= 11 is 11.1. The van der Waals surface area contributed by atoms with Gasteiger partial charge < -0.3 is 15.4 Å². The second-order valence-electron chi connectivity index (χ2n) is 5.06. The molecule has 0 spiro atoms. The minimum atomic E-state index is -0.151. The third-order valence-corrected chi connectivity index (χ3v) is 3.80. The zero-order valence-corrected chi connectivity index (χ0v) is 14.6. The van der Waals surface area contributed by atoms with Crippen LogP contribution in [-0.4, -0.2) is 24.7 Å². The molecule has 0 unspecified atom stereocenters. The Bertz CT molecular complexity index is 480. The Balaban J connectivity index is 2.15. The van der Waals surface area contributed by atoms with E-state index in [1.165, 1.54) is 7.11 Å². The van der Waals surface area contributed by atoms with Crippen LogP contribution >= 0.6 is 23.8 Å². The summed E-state index contributed by atoms with van der Waals surface area (Å²) < 4.78 is 4.59. The number of carbonyl (C=O) groups excluding carboxylic acids is 1. The molecule has 6 heteroatoms. The van der Waals surface area contributed by atoms with Gasteiger partial charge in [0.1, 0.15) is 0 Å². The standard InChI is InChI=1S/C16H23ClN2O2S/c1-12(13-7-9-14(17)10-8-13)19-16(22)18-11-5-3-4-6-15(20)21-2/h7-10,12H,3-6,11H2,1-2H3,(H2,18,19,22)/t12-/m0/s1. The molecule has 122 valence electrons. The maximum absolute atomic E-state index is 11.0. The maximum atomic E-state index is 11.0. The lowest BCUT2D eigenvalue weighted by Crippen LogP contribution is -2.37. The van der Waals surface area contributed by atoms with Gasteiger partial charge in [0.2, 0.25) is 0 Å². The van der Waals surface area contributed by atoms with Crippen LogP contribution in [0.25, 0.3) is 0 Å². The van der Waals surface area contributed by atoms with Crippen molar-refractivity contribution in [3.8, 4) is 0 Å². The van der Waals surface area contributed by atoms with E-state index in [0.29, 0.717) is 11.5 Å². The van der Waals surface area contributed by atoms with Gasteiger partial charge in [-0.05, 0) is 49.7 Å². The summed E-state index contributed by atoms with van der Waals surface area (Å²) in [4.78, 5) is 11.0. The third-order valence-electron chi connectivity index (χ3n) is 3.29. The van der Waals surface area contributed by atoms with E-state index in [1.54, 1.807) is 0 Å². The lowest BCUT2D eigenvalue weighted by atomic mass is 10.1. The van der Waals surface area contributed by atoms with Crippen LogP contribution in [0.5, 0.6) is 0 Å². The van der Waals surface area contributed by atoms with Gasteiger partial charge in [0.05, 0.1) is 13.2 Å². The molecule has 0 amide bonds. The van der Waals surface area contributed by atoms with Crippen molar-refractivity contribution in [1.82, 2.24) is 10.6 Å². The van der Waals surface area contributed by atoms with E-state index in [-0.39, 0.29) is 12.0 Å². The SMILES string of the molecule is COC(=O)CCCCCNC(=S)N[C@@H](C)c1ccc(Cl)cc1. The van der Waals surface area contributed by atoms with Gasteiger partial charge in [0, 0.05) is 18.0 Å². The van der Waals surface area contributed by atoms with Gasteiger partial charge in [0.25, 0.3) is 0 Å². The summed E-state index contributed by atoms with van der Waals surface area (Å²) in [6, 6.07) is 7.82. The molecule has 0 aliphatic rings. The summed E-state index contributed by atoms with van der Waals surface area (Å²) in [7, 11) is 1.41. The number of hydrogen-bond donors (Lipinski definition) is 2. The number of esters is 1. The van der Waals surface area contributed by atoms with E-state index < -0.39 is 0 Å². The van der Waals surface area contributed by atoms with Gasteiger partial charge >= 0.3 is 5.97 Å². The van der Waals surface area contributed by atoms with Crippen molar-refractivity contribution in [3.63, 3.8) is 0 Å². The van der Waals surface area contributed by atoms with Crippen LogP contribution < -0.4 is 10.6 Å². The summed E-state index contributed by atoms with van der Waals surface area (Å²) in [5, 5.41) is 7.77. The molecule has 0 fully saturated rings. The van der Waals surface area contributed by atoms with Crippen molar-refractivity contribution in [3.05, 3.63) is 34.9 Å². The van der Waals surface area contributed by atoms with Crippen molar-refractivity contribution in [1.29, 1.82) is 0 Å². The fraction of sp³-hybridized carbons (Fsp3) is 0.500. The van der Waals surface area contributed by atoms with E-state index in [9.17, 15) is 4.79 Å². The van der Waals surface area contributed by atoms with E-state index in [4.69, 9.17) is 23.8 Å². The normalized spacial score (nSPS) is 11.6. The molecule has 0 aromatic heterocycles. The Morgan fingerprint density at radius 3 is 2.59 bits per heavy atom. The number of carbonyl (C=O) groups is 1. The molecule has 0 saturated heterocycles. The maximum Gasteiger partial charge on any atom is 0.305 e. The summed E-state index contributed by atoms with van der Waals surface area (Å²) in [5.41, 5.74) is 1.13. The minimum Gasteiger partial charge on any atom is -0.469 e. The Kier molecular flexibility index (Phi) is 8.85. The van der Waals surface area contributed by atoms with Gasteiger partial charge in [0.15, 0.2) is 5.11 Å². The number of methoxy groups -OCH3 is 1. The Morgan fingerprint density at radius 1 is 1.27 bits per heavy atom. The first-order valence-corrected chi connectivity index (χ1v) is 8.18. The molecule has 2 N–H and O–H groups in total. The first-order valence-electron chi connectivity index (χ1n) is 7.39. The Morgan fingerprint density at radius 2 is 1.95 bits per heavy atom. The first-order chi connectivity index (χ1) is 10.5.